The second-order valence-corrected chi connectivity index (χ2v) is 10.5. The van der Waals surface area contributed by atoms with Crippen LogP contribution >= 0.6 is 0 Å². The quantitative estimate of drug-likeness (QED) is 0.184. The zero-order valence-corrected chi connectivity index (χ0v) is 23.6. The van der Waals surface area contributed by atoms with Gasteiger partial charge in [0, 0.05) is 29.9 Å². The van der Waals surface area contributed by atoms with Crippen molar-refractivity contribution in [3.05, 3.63) is 102 Å². The molecule has 1 unspecified atom stereocenters. The number of aromatic nitrogens is 1. The summed E-state index contributed by atoms with van der Waals surface area (Å²) in [4.78, 5) is 37.6. The molecule has 1 atom stereocenters. The molecule has 1 aromatic heterocycles. The first kappa shape index (κ1) is 29.6. The average Bonchev–Trinajstić information content (AvgIpc) is 3.28. The Morgan fingerprint density at radius 1 is 0.878 bits per heavy atom. The number of hydrogen-bond acceptors (Lipinski definition) is 4. The molecule has 3 aromatic carbocycles. The number of nitrogens with one attached hydrogen (secondary N) is 1. The van der Waals surface area contributed by atoms with Crippen molar-refractivity contribution in [3.63, 3.8) is 0 Å². The normalized spacial score (nSPS) is 11.9. The van der Waals surface area contributed by atoms with Gasteiger partial charge < -0.3 is 15.0 Å². The zero-order valence-electron chi connectivity index (χ0n) is 23.6. The molecule has 1 heterocycles. The van der Waals surface area contributed by atoms with Gasteiger partial charge in [-0.05, 0) is 66.8 Å². The summed E-state index contributed by atoms with van der Waals surface area (Å²) in [5.41, 5.74) is 4.88. The molecular formula is C34H35FN2O4. The molecule has 4 aromatic rings. The van der Waals surface area contributed by atoms with Crippen molar-refractivity contribution in [1.29, 1.82) is 0 Å². The van der Waals surface area contributed by atoms with Gasteiger partial charge in [0.1, 0.15) is 17.4 Å². The molecular weight excluding hydrogens is 519 g/mol. The van der Waals surface area contributed by atoms with Gasteiger partial charge in [-0.2, -0.15) is 0 Å². The Labute approximate surface area is 239 Å². The highest BCUT2D eigenvalue weighted by atomic mass is 19.1. The molecule has 0 saturated carbocycles. The van der Waals surface area contributed by atoms with E-state index in [1.165, 1.54) is 19.1 Å². The molecule has 0 aliphatic carbocycles. The third kappa shape index (κ3) is 7.24. The lowest BCUT2D eigenvalue weighted by molar-refractivity contribution is -0.127. The Hall–Kier alpha value is -4.36. The number of ketones is 2. The van der Waals surface area contributed by atoms with E-state index in [1.54, 1.807) is 12.1 Å². The molecule has 0 fully saturated rings. The van der Waals surface area contributed by atoms with Crippen molar-refractivity contribution in [3.8, 4) is 22.4 Å². The fraction of sp³-hybridized carbons (Fsp3) is 0.265. The third-order valence-electron chi connectivity index (χ3n) is 6.88. The van der Waals surface area contributed by atoms with Gasteiger partial charge in [-0.1, -0.05) is 62.4 Å². The van der Waals surface area contributed by atoms with Crippen molar-refractivity contribution in [2.75, 3.05) is 5.32 Å². The van der Waals surface area contributed by atoms with Crippen LogP contribution in [0.5, 0.6) is 0 Å². The minimum absolute atomic E-state index is 0.0975. The zero-order chi connectivity index (χ0) is 29.5. The van der Waals surface area contributed by atoms with E-state index in [2.05, 4.69) is 5.32 Å². The number of carbonyl (C=O) groups is 3. The Morgan fingerprint density at radius 2 is 1.49 bits per heavy atom. The molecule has 212 valence electrons. The van der Waals surface area contributed by atoms with Crippen molar-refractivity contribution < 1.29 is 23.9 Å². The van der Waals surface area contributed by atoms with Crippen LogP contribution in [0.15, 0.2) is 84.9 Å². The van der Waals surface area contributed by atoms with E-state index in [1.807, 2.05) is 79.1 Å². The van der Waals surface area contributed by atoms with Crippen LogP contribution in [0.3, 0.4) is 0 Å². The van der Waals surface area contributed by atoms with Gasteiger partial charge in [-0.15, -0.1) is 0 Å². The Morgan fingerprint density at radius 3 is 2.07 bits per heavy atom. The summed E-state index contributed by atoms with van der Waals surface area (Å²) < 4.78 is 16.0. The number of benzene rings is 3. The second kappa shape index (κ2) is 13.3. The number of amides is 1. The summed E-state index contributed by atoms with van der Waals surface area (Å²) >= 11 is 0. The van der Waals surface area contributed by atoms with Gasteiger partial charge in [0.05, 0.1) is 23.8 Å². The van der Waals surface area contributed by atoms with E-state index in [-0.39, 0.29) is 48.5 Å². The van der Waals surface area contributed by atoms with Crippen LogP contribution in [0.25, 0.3) is 22.4 Å². The molecule has 0 bridgehead atoms. The second-order valence-electron chi connectivity index (χ2n) is 10.5. The predicted octanol–water partition coefficient (Wildman–Crippen LogP) is 7.03. The number of aliphatic hydroxyl groups is 1. The van der Waals surface area contributed by atoms with Crippen LogP contribution < -0.4 is 5.32 Å². The fourth-order valence-electron chi connectivity index (χ4n) is 5.20. The molecule has 41 heavy (non-hydrogen) atoms. The molecule has 1 amide bonds. The lowest BCUT2D eigenvalue weighted by Crippen LogP contribution is -2.20. The summed E-state index contributed by atoms with van der Waals surface area (Å²) in [6.45, 7) is 5.65. The van der Waals surface area contributed by atoms with Gasteiger partial charge in [0.25, 0.3) is 5.91 Å². The van der Waals surface area contributed by atoms with Crippen LogP contribution in [0, 0.1) is 5.82 Å². The fourth-order valence-corrected chi connectivity index (χ4v) is 5.20. The maximum absolute atomic E-state index is 14.1. The first-order valence-corrected chi connectivity index (χ1v) is 13.8. The maximum Gasteiger partial charge on any atom is 0.258 e. The smallest absolute Gasteiger partial charge is 0.258 e. The highest BCUT2D eigenvalue weighted by Crippen LogP contribution is 2.42. The summed E-state index contributed by atoms with van der Waals surface area (Å²) in [6, 6.07) is 24.9. The van der Waals surface area contributed by atoms with Gasteiger partial charge in [-0.25, -0.2) is 4.39 Å². The summed E-state index contributed by atoms with van der Waals surface area (Å²) in [7, 11) is 0. The SMILES string of the molecule is CC(=O)CC(=O)CC(O)CCn1c(-c2ccc(F)cc2)c(-c2ccccc2)c(C(=O)Nc2ccccc2)c1C(C)C. The van der Waals surface area contributed by atoms with Crippen molar-refractivity contribution >= 4 is 23.2 Å². The topological polar surface area (TPSA) is 88.4 Å². The number of halogens is 1. The van der Waals surface area contributed by atoms with Crippen LogP contribution in [0.1, 0.15) is 62.0 Å². The number of anilines is 1. The lowest BCUT2D eigenvalue weighted by Gasteiger charge is -2.19. The van der Waals surface area contributed by atoms with Crippen molar-refractivity contribution in [2.45, 2.75) is 58.6 Å². The van der Waals surface area contributed by atoms with Crippen LogP contribution in [0.4, 0.5) is 10.1 Å². The highest BCUT2D eigenvalue weighted by Gasteiger charge is 2.30. The Balaban J connectivity index is 1.90. The van der Waals surface area contributed by atoms with Crippen molar-refractivity contribution in [2.24, 2.45) is 0 Å². The Bertz CT molecular complexity index is 1510. The van der Waals surface area contributed by atoms with Gasteiger partial charge in [-0.3, -0.25) is 14.4 Å². The summed E-state index contributed by atoms with van der Waals surface area (Å²) in [5, 5.41) is 13.8. The van der Waals surface area contributed by atoms with E-state index in [0.29, 0.717) is 28.9 Å². The van der Waals surface area contributed by atoms with Crippen molar-refractivity contribution in [1.82, 2.24) is 4.57 Å². The number of nitrogens with zero attached hydrogens (tertiary/aromatic N) is 1. The number of rotatable bonds is 12. The summed E-state index contributed by atoms with van der Waals surface area (Å²) in [5.74, 6) is -1.31. The molecule has 0 aliphatic rings. The number of para-hydroxylation sites is 1. The number of aliphatic hydroxyl groups excluding tert-OH is 1. The van der Waals surface area contributed by atoms with Crippen LogP contribution in [-0.4, -0.2) is 33.3 Å². The van der Waals surface area contributed by atoms with E-state index >= 15 is 0 Å². The molecule has 0 saturated heterocycles. The monoisotopic (exact) mass is 554 g/mol. The van der Waals surface area contributed by atoms with E-state index in [4.69, 9.17) is 0 Å². The molecule has 0 radical (unpaired) electrons. The Kier molecular flexibility index (Phi) is 9.63. The average molecular weight is 555 g/mol. The van der Waals surface area contributed by atoms with Gasteiger partial charge >= 0.3 is 0 Å². The number of Topliss-reactive ketones (excluding diaryl/α,β-unsaturated/α-hetero) is 2. The first-order chi connectivity index (χ1) is 19.7. The van der Waals surface area contributed by atoms with E-state index in [0.717, 1.165) is 17.0 Å². The molecule has 0 spiro atoms. The van der Waals surface area contributed by atoms with Crippen LogP contribution in [0.2, 0.25) is 0 Å². The maximum atomic E-state index is 14.1. The molecule has 7 heteroatoms. The van der Waals surface area contributed by atoms with E-state index < -0.39 is 6.10 Å². The third-order valence-corrected chi connectivity index (χ3v) is 6.88. The summed E-state index contributed by atoms with van der Waals surface area (Å²) in [6.07, 6.45) is -1.08. The number of carbonyl (C=O) groups excluding carboxylic acids is 3. The molecule has 6 nitrogen and oxygen atoms in total. The number of hydrogen-bond donors (Lipinski definition) is 2. The first-order valence-electron chi connectivity index (χ1n) is 13.8. The molecule has 4 rings (SSSR count). The van der Waals surface area contributed by atoms with Crippen LogP contribution in [-0.2, 0) is 16.1 Å². The standard InChI is InChI=1S/C34H35FN2O4/c1-22(2)32-31(34(41)36-27-12-8-5-9-13-27)30(24-10-6-4-7-11-24)33(25-14-16-26(35)17-15-25)37(32)19-18-28(39)21-29(40)20-23(3)38/h4-17,22,28,39H,18-21H2,1-3H3,(H,36,41). The highest BCUT2D eigenvalue weighted by molar-refractivity contribution is 6.12. The van der Waals surface area contributed by atoms with Gasteiger partial charge in [0.15, 0.2) is 0 Å². The molecule has 0 aliphatic heterocycles. The van der Waals surface area contributed by atoms with Gasteiger partial charge in [0.2, 0.25) is 0 Å². The minimum Gasteiger partial charge on any atom is -0.393 e. The molecule has 2 N–H and O–H groups in total. The minimum atomic E-state index is -0.966. The predicted molar refractivity (Wildman–Crippen MR) is 159 cm³/mol. The largest absolute Gasteiger partial charge is 0.393 e. The lowest BCUT2D eigenvalue weighted by atomic mass is 9.94. The van der Waals surface area contributed by atoms with E-state index in [9.17, 15) is 23.9 Å².